The molecule has 0 aliphatic rings. The van der Waals surface area contributed by atoms with Gasteiger partial charge in [-0.2, -0.15) is 0 Å². The maximum Gasteiger partial charge on any atom is 0.0628 e. The third-order valence-corrected chi connectivity index (χ3v) is 8.34. The van der Waals surface area contributed by atoms with Gasteiger partial charge in [0.1, 0.15) is 0 Å². The Bertz CT molecular complexity index is 2080. The van der Waals surface area contributed by atoms with Crippen LogP contribution in [0.5, 0.6) is 0 Å². The van der Waals surface area contributed by atoms with Gasteiger partial charge in [0.15, 0.2) is 0 Å². The van der Waals surface area contributed by atoms with E-state index < -0.39 is 0 Å². The molecule has 0 unspecified atom stereocenters. The molecule has 0 radical (unpaired) electrons. The van der Waals surface area contributed by atoms with Crippen molar-refractivity contribution in [1.29, 1.82) is 0 Å². The van der Waals surface area contributed by atoms with Crippen molar-refractivity contribution in [3.05, 3.63) is 127 Å². The summed E-state index contributed by atoms with van der Waals surface area (Å²) in [6.07, 6.45) is 0. The highest BCUT2D eigenvalue weighted by Gasteiger charge is 2.20. The lowest BCUT2D eigenvalue weighted by atomic mass is 9.96. The summed E-state index contributed by atoms with van der Waals surface area (Å²) in [5.74, 6) is 0. The summed E-state index contributed by atoms with van der Waals surface area (Å²) in [5.41, 5.74) is 6.23. The zero-order chi connectivity index (χ0) is 23.6. The van der Waals surface area contributed by atoms with Gasteiger partial charge < -0.3 is 4.57 Å². The molecule has 8 aromatic rings. The number of hydrogen-bond donors (Lipinski definition) is 0. The number of hydrogen-bond acceptors (Lipinski definition) is 1. The molecule has 0 saturated heterocycles. The van der Waals surface area contributed by atoms with Gasteiger partial charge in [-0.1, -0.05) is 97.1 Å². The monoisotopic (exact) mass is 475 g/mol. The second-order valence-corrected chi connectivity index (χ2v) is 10.3. The Morgan fingerprint density at radius 3 is 1.83 bits per heavy atom. The molecule has 1 nitrogen and oxygen atoms in total. The molecule has 0 bridgehead atoms. The Morgan fingerprint density at radius 2 is 1.06 bits per heavy atom. The molecule has 168 valence electrons. The standard InChI is InChI=1S/C34H21NS/c1-2-8-22(9-3-1)23-14-16-24(17-15-23)35-33-29-20-21-36-31(29)19-18-30(33)32-27-12-6-4-10-25(27)26-11-5-7-13-28(26)34(32)35/h1-21H. The average Bonchev–Trinajstić information content (AvgIpc) is 3.57. The van der Waals surface area contributed by atoms with Crippen LogP contribution in [-0.4, -0.2) is 4.57 Å². The molecule has 6 aromatic carbocycles. The van der Waals surface area contributed by atoms with E-state index in [1.54, 1.807) is 0 Å². The summed E-state index contributed by atoms with van der Waals surface area (Å²) in [6, 6.07) is 44.3. The molecule has 0 spiro atoms. The minimum Gasteiger partial charge on any atom is -0.308 e. The predicted molar refractivity (Wildman–Crippen MR) is 157 cm³/mol. The second kappa shape index (κ2) is 7.55. The van der Waals surface area contributed by atoms with Crippen LogP contribution in [-0.2, 0) is 0 Å². The number of rotatable bonds is 2. The number of benzene rings is 6. The van der Waals surface area contributed by atoms with Crippen LogP contribution in [0.25, 0.3) is 70.3 Å². The van der Waals surface area contributed by atoms with Crippen LogP contribution in [0.15, 0.2) is 127 Å². The van der Waals surface area contributed by atoms with Crippen molar-refractivity contribution in [3.8, 4) is 16.8 Å². The van der Waals surface area contributed by atoms with Crippen LogP contribution < -0.4 is 0 Å². The lowest BCUT2D eigenvalue weighted by molar-refractivity contribution is 1.19. The molecule has 0 aliphatic heterocycles. The third kappa shape index (κ3) is 2.71. The van der Waals surface area contributed by atoms with Crippen molar-refractivity contribution in [2.75, 3.05) is 0 Å². The van der Waals surface area contributed by atoms with Gasteiger partial charge in [-0.05, 0) is 56.9 Å². The molecule has 36 heavy (non-hydrogen) atoms. The highest BCUT2D eigenvalue weighted by atomic mass is 32.1. The molecule has 2 heterocycles. The van der Waals surface area contributed by atoms with Crippen LogP contribution in [0.3, 0.4) is 0 Å². The highest BCUT2D eigenvalue weighted by molar-refractivity contribution is 7.17. The van der Waals surface area contributed by atoms with Crippen molar-refractivity contribution in [3.63, 3.8) is 0 Å². The van der Waals surface area contributed by atoms with E-state index in [2.05, 4.69) is 131 Å². The molecule has 0 amide bonds. The van der Waals surface area contributed by atoms with Crippen LogP contribution in [0, 0.1) is 0 Å². The van der Waals surface area contributed by atoms with E-state index in [1.165, 1.54) is 70.3 Å². The molecule has 0 aliphatic carbocycles. The van der Waals surface area contributed by atoms with E-state index in [9.17, 15) is 0 Å². The van der Waals surface area contributed by atoms with E-state index in [1.807, 2.05) is 11.3 Å². The van der Waals surface area contributed by atoms with Gasteiger partial charge in [0.05, 0.1) is 11.0 Å². The van der Waals surface area contributed by atoms with Crippen LogP contribution >= 0.6 is 11.3 Å². The van der Waals surface area contributed by atoms with Gasteiger partial charge in [0, 0.05) is 31.9 Å². The molecule has 2 heteroatoms. The first-order valence-electron chi connectivity index (χ1n) is 12.3. The highest BCUT2D eigenvalue weighted by Crippen LogP contribution is 2.44. The smallest absolute Gasteiger partial charge is 0.0628 e. The van der Waals surface area contributed by atoms with Crippen LogP contribution in [0.1, 0.15) is 0 Å². The summed E-state index contributed by atoms with van der Waals surface area (Å²) in [6.45, 7) is 0. The zero-order valence-corrected chi connectivity index (χ0v) is 20.3. The quantitative estimate of drug-likeness (QED) is 0.219. The molecule has 0 atom stereocenters. The van der Waals surface area contributed by atoms with Gasteiger partial charge in [-0.15, -0.1) is 11.3 Å². The number of thiophene rings is 1. The van der Waals surface area contributed by atoms with Gasteiger partial charge in [0.2, 0.25) is 0 Å². The Hall–Kier alpha value is -4.40. The van der Waals surface area contributed by atoms with E-state index in [0.717, 1.165) is 0 Å². The van der Waals surface area contributed by atoms with E-state index in [-0.39, 0.29) is 0 Å². The first kappa shape index (κ1) is 19.9. The van der Waals surface area contributed by atoms with Gasteiger partial charge in [-0.3, -0.25) is 0 Å². The largest absolute Gasteiger partial charge is 0.308 e. The van der Waals surface area contributed by atoms with Crippen molar-refractivity contribution < 1.29 is 0 Å². The van der Waals surface area contributed by atoms with Crippen molar-refractivity contribution in [2.24, 2.45) is 0 Å². The number of aromatic nitrogens is 1. The molecule has 8 rings (SSSR count). The SMILES string of the molecule is c1ccc(-c2ccc(-n3c4c5ccsc5ccc4c4c5ccccc5c5ccccc5c43)cc2)cc1. The molecule has 0 N–H and O–H groups in total. The third-order valence-electron chi connectivity index (χ3n) is 7.46. The predicted octanol–water partition coefficient (Wildman–Crippen LogP) is 9.97. The average molecular weight is 476 g/mol. The summed E-state index contributed by atoms with van der Waals surface area (Å²) < 4.78 is 3.82. The van der Waals surface area contributed by atoms with Crippen molar-refractivity contribution in [2.45, 2.75) is 0 Å². The van der Waals surface area contributed by atoms with Gasteiger partial charge in [-0.25, -0.2) is 0 Å². The lowest BCUT2D eigenvalue weighted by Gasteiger charge is -2.13. The fourth-order valence-corrected chi connectivity index (χ4v) is 6.69. The fourth-order valence-electron chi connectivity index (χ4n) is 5.90. The Labute approximate surface area is 212 Å². The second-order valence-electron chi connectivity index (χ2n) is 9.36. The van der Waals surface area contributed by atoms with E-state index in [4.69, 9.17) is 0 Å². The maximum absolute atomic E-state index is 2.50. The Morgan fingerprint density at radius 1 is 0.417 bits per heavy atom. The Balaban J connectivity index is 1.58. The minimum atomic E-state index is 1.19. The van der Waals surface area contributed by atoms with Crippen molar-refractivity contribution in [1.82, 2.24) is 4.57 Å². The summed E-state index contributed by atoms with van der Waals surface area (Å²) >= 11 is 1.81. The Kier molecular flexibility index (Phi) is 4.16. The number of nitrogens with zero attached hydrogens (tertiary/aromatic N) is 1. The van der Waals surface area contributed by atoms with Crippen LogP contribution in [0.4, 0.5) is 0 Å². The minimum absolute atomic E-state index is 1.19. The number of fused-ring (bicyclic) bond motifs is 10. The molecule has 2 aromatic heterocycles. The molecular formula is C34H21NS. The van der Waals surface area contributed by atoms with Gasteiger partial charge in [0.25, 0.3) is 0 Å². The molecule has 0 saturated carbocycles. The molecule has 0 fully saturated rings. The van der Waals surface area contributed by atoms with Gasteiger partial charge >= 0.3 is 0 Å². The summed E-state index contributed by atoms with van der Waals surface area (Å²) in [4.78, 5) is 0. The normalized spacial score (nSPS) is 11.9. The fraction of sp³-hybridized carbons (Fsp3) is 0. The van der Waals surface area contributed by atoms with Crippen molar-refractivity contribution >= 4 is 64.8 Å². The first-order valence-corrected chi connectivity index (χ1v) is 13.2. The summed E-state index contributed by atoms with van der Waals surface area (Å²) in [5, 5.41) is 11.4. The van der Waals surface area contributed by atoms with Crippen LogP contribution in [0.2, 0.25) is 0 Å². The topological polar surface area (TPSA) is 4.93 Å². The first-order chi connectivity index (χ1) is 17.9. The lowest BCUT2D eigenvalue weighted by Crippen LogP contribution is -1.95. The summed E-state index contributed by atoms with van der Waals surface area (Å²) in [7, 11) is 0. The zero-order valence-electron chi connectivity index (χ0n) is 19.5. The molecular weight excluding hydrogens is 454 g/mol. The maximum atomic E-state index is 2.50. The van der Waals surface area contributed by atoms with E-state index >= 15 is 0 Å². The van der Waals surface area contributed by atoms with E-state index in [0.29, 0.717) is 0 Å².